The standard InChI is InChI=1S/C21H28FN3O3S/c1-2-24-16-20(15-23-24)29(26,27)25-9-7-21(8-10-25)14-18(6-11-28-21)12-17-4-3-5-19(22)13-17/h3-5,13,15-16,18H,2,6-12,14H2,1H3. The Kier molecular flexibility index (Phi) is 5.77. The predicted octanol–water partition coefficient (Wildman–Crippen LogP) is 3.23. The fraction of sp³-hybridized carbons (Fsp3) is 0.571. The molecular formula is C21H28FN3O3S. The summed E-state index contributed by atoms with van der Waals surface area (Å²) in [5, 5.41) is 4.09. The number of hydrogen-bond donors (Lipinski definition) is 0. The molecule has 0 radical (unpaired) electrons. The van der Waals surface area contributed by atoms with Crippen LogP contribution in [-0.2, 0) is 27.7 Å². The Morgan fingerprint density at radius 2 is 2.10 bits per heavy atom. The molecule has 8 heteroatoms. The van der Waals surface area contributed by atoms with E-state index in [-0.39, 0.29) is 16.3 Å². The van der Waals surface area contributed by atoms with Gasteiger partial charge >= 0.3 is 0 Å². The smallest absolute Gasteiger partial charge is 0.246 e. The van der Waals surface area contributed by atoms with Crippen molar-refractivity contribution in [2.24, 2.45) is 5.92 Å². The number of piperidine rings is 1. The minimum absolute atomic E-state index is 0.200. The molecule has 1 unspecified atom stereocenters. The zero-order valence-corrected chi connectivity index (χ0v) is 17.6. The topological polar surface area (TPSA) is 64.4 Å². The number of hydrogen-bond acceptors (Lipinski definition) is 4. The lowest BCUT2D eigenvalue weighted by molar-refractivity contribution is -0.120. The van der Waals surface area contributed by atoms with Gasteiger partial charge in [0.05, 0.1) is 11.8 Å². The van der Waals surface area contributed by atoms with E-state index in [0.717, 1.165) is 24.8 Å². The molecule has 1 atom stereocenters. The molecule has 2 fully saturated rings. The molecule has 0 N–H and O–H groups in total. The summed E-state index contributed by atoms with van der Waals surface area (Å²) in [5.74, 6) is 0.227. The predicted molar refractivity (Wildman–Crippen MR) is 107 cm³/mol. The molecule has 1 spiro atoms. The average Bonchev–Trinajstić information content (AvgIpc) is 3.19. The van der Waals surface area contributed by atoms with E-state index >= 15 is 0 Å². The molecule has 2 aliphatic rings. The SMILES string of the molecule is CCn1cc(S(=O)(=O)N2CCC3(CC2)CC(Cc2cccc(F)c2)CCO3)cn1. The minimum Gasteiger partial charge on any atom is -0.375 e. The first-order valence-electron chi connectivity index (χ1n) is 10.3. The first-order chi connectivity index (χ1) is 13.9. The second-order valence-electron chi connectivity index (χ2n) is 8.16. The van der Waals surface area contributed by atoms with Gasteiger partial charge in [-0.3, -0.25) is 4.68 Å². The lowest BCUT2D eigenvalue weighted by Crippen LogP contribution is -2.50. The maximum Gasteiger partial charge on any atom is 0.246 e. The zero-order valence-electron chi connectivity index (χ0n) is 16.8. The van der Waals surface area contributed by atoms with Gasteiger partial charge in [0.1, 0.15) is 10.7 Å². The van der Waals surface area contributed by atoms with E-state index in [2.05, 4.69) is 5.10 Å². The molecular weight excluding hydrogens is 393 g/mol. The van der Waals surface area contributed by atoms with Crippen LogP contribution < -0.4 is 0 Å². The largest absolute Gasteiger partial charge is 0.375 e. The Bertz CT molecular complexity index is 952. The van der Waals surface area contributed by atoms with E-state index < -0.39 is 10.0 Å². The molecule has 0 saturated carbocycles. The molecule has 3 heterocycles. The van der Waals surface area contributed by atoms with E-state index in [0.29, 0.717) is 45.0 Å². The summed E-state index contributed by atoms with van der Waals surface area (Å²) >= 11 is 0. The third-order valence-corrected chi connectivity index (χ3v) is 8.06. The maximum atomic E-state index is 13.5. The summed E-state index contributed by atoms with van der Waals surface area (Å²) in [7, 11) is -3.52. The van der Waals surface area contributed by atoms with E-state index in [1.807, 2.05) is 13.0 Å². The lowest BCUT2D eigenvalue weighted by atomic mass is 9.78. The van der Waals surface area contributed by atoms with Crippen molar-refractivity contribution < 1.29 is 17.5 Å². The van der Waals surface area contributed by atoms with Crippen LogP contribution in [0.15, 0.2) is 41.6 Å². The van der Waals surface area contributed by atoms with Crippen LogP contribution in [0.4, 0.5) is 4.39 Å². The van der Waals surface area contributed by atoms with Crippen molar-refractivity contribution in [2.45, 2.75) is 56.1 Å². The van der Waals surface area contributed by atoms with Crippen molar-refractivity contribution in [1.29, 1.82) is 0 Å². The van der Waals surface area contributed by atoms with E-state index in [1.165, 1.54) is 12.3 Å². The van der Waals surface area contributed by atoms with Gasteiger partial charge in [0.25, 0.3) is 0 Å². The average molecular weight is 422 g/mol. The molecule has 2 aliphatic heterocycles. The summed E-state index contributed by atoms with van der Waals surface area (Å²) in [4.78, 5) is 0.254. The second-order valence-corrected chi connectivity index (χ2v) is 10.1. The van der Waals surface area contributed by atoms with Crippen LogP contribution in [0.1, 0.15) is 38.2 Å². The number of aromatic nitrogens is 2. The quantitative estimate of drug-likeness (QED) is 0.744. The van der Waals surface area contributed by atoms with Gasteiger partial charge in [-0.2, -0.15) is 9.40 Å². The summed E-state index contributed by atoms with van der Waals surface area (Å²) in [6.45, 7) is 4.14. The molecule has 0 aliphatic carbocycles. The minimum atomic E-state index is -3.52. The number of benzene rings is 1. The van der Waals surface area contributed by atoms with Crippen molar-refractivity contribution in [1.82, 2.24) is 14.1 Å². The van der Waals surface area contributed by atoms with Crippen LogP contribution in [0.5, 0.6) is 0 Å². The van der Waals surface area contributed by atoms with Crippen molar-refractivity contribution in [3.63, 3.8) is 0 Å². The summed E-state index contributed by atoms with van der Waals surface area (Å²) in [6.07, 6.45) is 7.07. The molecule has 2 saturated heterocycles. The van der Waals surface area contributed by atoms with Gasteiger partial charge in [-0.25, -0.2) is 12.8 Å². The van der Waals surface area contributed by atoms with Gasteiger partial charge in [0.15, 0.2) is 0 Å². The van der Waals surface area contributed by atoms with Crippen LogP contribution in [0.2, 0.25) is 0 Å². The van der Waals surface area contributed by atoms with Gasteiger partial charge in [0, 0.05) is 32.4 Å². The third-order valence-electron chi connectivity index (χ3n) is 6.21. The fourth-order valence-electron chi connectivity index (χ4n) is 4.58. The number of aryl methyl sites for hydroxylation is 1. The summed E-state index contributed by atoms with van der Waals surface area (Å²) in [5.41, 5.74) is 0.746. The number of nitrogens with zero attached hydrogens (tertiary/aromatic N) is 3. The highest BCUT2D eigenvalue weighted by molar-refractivity contribution is 7.89. The maximum absolute atomic E-state index is 13.5. The van der Waals surface area contributed by atoms with E-state index in [1.54, 1.807) is 27.3 Å². The van der Waals surface area contributed by atoms with E-state index in [4.69, 9.17) is 4.74 Å². The molecule has 29 heavy (non-hydrogen) atoms. The van der Waals surface area contributed by atoms with Gasteiger partial charge in [-0.05, 0) is 62.6 Å². The Hall–Kier alpha value is -1.77. The summed E-state index contributed by atoms with van der Waals surface area (Å²) in [6, 6.07) is 6.80. The lowest BCUT2D eigenvalue weighted by Gasteiger charge is -2.45. The summed E-state index contributed by atoms with van der Waals surface area (Å²) < 4.78 is 48.7. The first kappa shape index (κ1) is 20.5. The van der Waals surface area contributed by atoms with Crippen LogP contribution in [0.25, 0.3) is 0 Å². The zero-order chi connectivity index (χ0) is 20.5. The Morgan fingerprint density at radius 1 is 1.31 bits per heavy atom. The van der Waals surface area contributed by atoms with Gasteiger partial charge in [-0.15, -0.1) is 0 Å². The highest BCUT2D eigenvalue weighted by Gasteiger charge is 2.42. The highest BCUT2D eigenvalue weighted by Crippen LogP contribution is 2.39. The Labute approximate surface area is 171 Å². The van der Waals surface area contributed by atoms with Crippen molar-refractivity contribution in [2.75, 3.05) is 19.7 Å². The van der Waals surface area contributed by atoms with Crippen molar-refractivity contribution in [3.05, 3.63) is 48.0 Å². The Morgan fingerprint density at radius 3 is 2.79 bits per heavy atom. The Balaban J connectivity index is 1.40. The molecule has 2 aromatic rings. The highest BCUT2D eigenvalue weighted by atomic mass is 32.2. The van der Waals surface area contributed by atoms with E-state index in [9.17, 15) is 12.8 Å². The number of sulfonamides is 1. The van der Waals surface area contributed by atoms with Gasteiger partial charge in [0.2, 0.25) is 10.0 Å². The third kappa shape index (κ3) is 4.39. The monoisotopic (exact) mass is 421 g/mol. The fourth-order valence-corrected chi connectivity index (χ4v) is 5.98. The van der Waals surface area contributed by atoms with Crippen molar-refractivity contribution >= 4 is 10.0 Å². The molecule has 1 aromatic carbocycles. The first-order valence-corrected chi connectivity index (χ1v) is 11.8. The van der Waals surface area contributed by atoms with Crippen LogP contribution in [-0.4, -0.2) is 47.8 Å². The number of rotatable bonds is 5. The molecule has 0 bridgehead atoms. The van der Waals surface area contributed by atoms with Gasteiger partial charge < -0.3 is 4.74 Å². The second kappa shape index (κ2) is 8.16. The van der Waals surface area contributed by atoms with Crippen molar-refractivity contribution in [3.8, 4) is 0 Å². The normalized spacial score (nSPS) is 22.8. The van der Waals surface area contributed by atoms with Crippen LogP contribution in [0, 0.1) is 11.7 Å². The van der Waals surface area contributed by atoms with Crippen LogP contribution >= 0.6 is 0 Å². The molecule has 1 aromatic heterocycles. The molecule has 4 rings (SSSR count). The van der Waals surface area contributed by atoms with Crippen LogP contribution in [0.3, 0.4) is 0 Å². The molecule has 6 nitrogen and oxygen atoms in total. The number of ether oxygens (including phenoxy) is 1. The van der Waals surface area contributed by atoms with Gasteiger partial charge in [-0.1, -0.05) is 12.1 Å². The molecule has 158 valence electrons. The molecule has 0 amide bonds. The number of halogens is 1.